The summed E-state index contributed by atoms with van der Waals surface area (Å²) in [5.41, 5.74) is 43.0. The third kappa shape index (κ3) is 8.73. The molecule has 0 saturated carbocycles. The van der Waals surface area contributed by atoms with E-state index >= 15 is 0 Å². The Labute approximate surface area is 606 Å². The molecule has 0 saturated heterocycles. The monoisotopic (exact) mass is 1350 g/mol. The van der Waals surface area contributed by atoms with Gasteiger partial charge in [-0.3, -0.25) is 0 Å². The number of benzene rings is 12. The van der Waals surface area contributed by atoms with E-state index in [1.165, 1.54) is 158 Å². The number of hydrogen-bond acceptors (Lipinski definition) is 8. The number of fused-ring (bicyclic) bond motifs is 16. The second-order valence-electron chi connectivity index (χ2n) is 30.5. The number of aryl methyl sites for hydroxylation is 15. The van der Waals surface area contributed by atoms with Crippen molar-refractivity contribution < 1.29 is 14.2 Å². The van der Waals surface area contributed by atoms with E-state index in [4.69, 9.17) is 14.2 Å². The van der Waals surface area contributed by atoms with Crippen LogP contribution in [0.5, 0.6) is 34.5 Å². The molecule has 6 aliphatic rings. The Balaban J connectivity index is 0.904. The highest BCUT2D eigenvalue weighted by atomic mass is 32.1. The molecule has 6 aliphatic heterocycles. The molecule has 102 heavy (non-hydrogen) atoms. The summed E-state index contributed by atoms with van der Waals surface area (Å²) in [5.74, 6) is 5.41. The van der Waals surface area contributed by atoms with Gasteiger partial charge in [-0.25, -0.2) is 0 Å². The maximum Gasteiger partial charge on any atom is 0.268 e. The van der Waals surface area contributed by atoms with E-state index in [-0.39, 0.29) is 20.1 Å². The first-order valence-corrected chi connectivity index (χ1v) is 37.6. The highest BCUT2D eigenvalue weighted by Crippen LogP contribution is 2.53. The molecule has 0 fully saturated rings. The van der Waals surface area contributed by atoms with Gasteiger partial charge in [0.2, 0.25) is 0 Å². The Hall–Kier alpha value is -10.4. The zero-order chi connectivity index (χ0) is 69.6. The topological polar surface area (TPSA) is 46.2 Å². The molecule has 14 aromatic rings. The van der Waals surface area contributed by atoms with Crippen LogP contribution in [-0.2, 0) is 0 Å². The molecule has 20 rings (SSSR count). The number of nitrogens with zero attached hydrogens (tertiary/aromatic N) is 2. The summed E-state index contributed by atoms with van der Waals surface area (Å²) >= 11 is 3.74. The predicted octanol–water partition coefficient (Wildman–Crippen LogP) is 19.2. The van der Waals surface area contributed by atoms with Gasteiger partial charge in [0.1, 0.15) is 34.5 Å². The van der Waals surface area contributed by atoms with Gasteiger partial charge in [0.25, 0.3) is 20.1 Å². The lowest BCUT2D eigenvalue weighted by molar-refractivity contribution is 0.488. The van der Waals surface area contributed by atoms with Crippen molar-refractivity contribution in [3.8, 4) is 67.9 Å². The largest absolute Gasteiger partial charge is 0.458 e. The van der Waals surface area contributed by atoms with Crippen LogP contribution in [0.1, 0.15) is 83.5 Å². The van der Waals surface area contributed by atoms with E-state index in [1.807, 2.05) is 22.7 Å². The fraction of sp³-hybridized carbons (Fsp3) is 0.165. The van der Waals surface area contributed by atoms with Gasteiger partial charge in [-0.15, -0.1) is 22.7 Å². The Morgan fingerprint density at radius 3 is 1.15 bits per heavy atom. The van der Waals surface area contributed by atoms with Crippen molar-refractivity contribution >= 4 is 156 Å². The van der Waals surface area contributed by atoms with E-state index < -0.39 is 0 Å². The Morgan fingerprint density at radius 2 is 0.676 bits per heavy atom. The molecule has 0 unspecified atom stereocenters. The summed E-state index contributed by atoms with van der Waals surface area (Å²) in [7, 11) is 0. The number of nitrogens with one attached hydrogen (secondary N) is 1. The van der Waals surface area contributed by atoms with Gasteiger partial charge < -0.3 is 29.3 Å². The summed E-state index contributed by atoms with van der Waals surface area (Å²) in [5, 5.41) is 6.51. The molecule has 6 nitrogen and oxygen atoms in total. The maximum absolute atomic E-state index is 8.02. The fourth-order valence-electron chi connectivity index (χ4n) is 19.8. The lowest BCUT2D eigenvalue weighted by Gasteiger charge is -2.44. The number of ether oxygens (including phenoxy) is 3. The van der Waals surface area contributed by atoms with Crippen molar-refractivity contribution in [2.75, 3.05) is 15.1 Å². The van der Waals surface area contributed by atoms with Crippen molar-refractivity contribution in [1.82, 2.24) is 0 Å². The molecular weight excluding hydrogens is 1280 g/mol. The van der Waals surface area contributed by atoms with Crippen LogP contribution in [0.2, 0.25) is 0 Å². The first-order chi connectivity index (χ1) is 49.2. The number of thiophene rings is 2. The second kappa shape index (κ2) is 21.8. The normalized spacial score (nSPS) is 13.7. The standard InChI is InChI=1S/C91H74B3N3O3S2/c1-44-24-49(6)80(50(7)25-44)59-34-69-83-75(37-59)99-88-62-20-16-18-22-78(62)101-90(88)93(83)64-40-65-70(42-68(64)95-69)96(86-55(12)30-47(4)31-56(86)13)72-35-60(81-51(8)26-45(2)27-52(81)9)38-76-84(72)92(65)67-41-66-71(43-74(67)98-76)97(87-57(14)32-48(5)33-58(87)15)73-36-61(82-53(10)28-46(3)29-54(82)11)39-77-85(73)94(66)91-89(100-77)63-21-17-19-23-79(63)102-91/h16-43,95H,1-15H3. The average Bonchev–Trinajstić information content (AvgIpc) is 0.920. The van der Waals surface area contributed by atoms with Gasteiger partial charge in [0.15, 0.2) is 0 Å². The Bertz CT molecular complexity index is 6100. The van der Waals surface area contributed by atoms with Crippen LogP contribution in [0.25, 0.3) is 53.6 Å². The van der Waals surface area contributed by atoms with E-state index in [9.17, 15) is 0 Å². The quantitative estimate of drug-likeness (QED) is 0.173. The molecule has 0 amide bonds. The third-order valence-electron chi connectivity index (χ3n) is 23.0. The molecule has 492 valence electrons. The van der Waals surface area contributed by atoms with Crippen LogP contribution < -0.4 is 77.1 Å². The average molecular weight is 1350 g/mol. The molecule has 0 bridgehead atoms. The molecule has 0 atom stereocenters. The SMILES string of the molecule is Cc1cc(C)c(-c2cc3c4c(c2)Oc2c(sc5ccccc25)B4c2cc4c(cc2N3)N(c2c(C)cc(C)cc2C)c2cc(-c3c(C)cc(C)cc3C)cc3c2B4c2cc4c(cc2O3)N(c2c(C)cc(C)cc2C)c2cc(-c3c(C)cc(C)cc3C)cc3c2B4c2sc4ccccc4c2O3)c(C)c1. The summed E-state index contributed by atoms with van der Waals surface area (Å²) in [4.78, 5) is 5.22. The van der Waals surface area contributed by atoms with Gasteiger partial charge >= 0.3 is 0 Å². The van der Waals surface area contributed by atoms with E-state index in [1.54, 1.807) is 0 Å². The maximum atomic E-state index is 8.02. The molecule has 0 aliphatic carbocycles. The van der Waals surface area contributed by atoms with Crippen molar-refractivity contribution in [3.63, 3.8) is 0 Å². The zero-order valence-corrected chi connectivity index (χ0v) is 62.0. The minimum absolute atomic E-state index is 0.141. The van der Waals surface area contributed by atoms with Crippen LogP contribution >= 0.6 is 22.7 Å². The molecule has 0 spiro atoms. The second-order valence-corrected chi connectivity index (χ2v) is 32.7. The molecule has 12 aromatic carbocycles. The van der Waals surface area contributed by atoms with Gasteiger partial charge in [-0.2, -0.15) is 0 Å². The summed E-state index contributed by atoms with van der Waals surface area (Å²) < 4.78 is 27.9. The van der Waals surface area contributed by atoms with Crippen molar-refractivity contribution in [2.45, 2.75) is 104 Å². The molecule has 2 aromatic heterocycles. The van der Waals surface area contributed by atoms with Crippen LogP contribution in [0.15, 0.2) is 170 Å². The minimum atomic E-state index is -0.285. The van der Waals surface area contributed by atoms with Crippen LogP contribution in [0.4, 0.5) is 45.5 Å². The van der Waals surface area contributed by atoms with E-state index in [2.05, 4.69) is 289 Å². The van der Waals surface area contributed by atoms with E-state index in [0.29, 0.717) is 0 Å². The summed E-state index contributed by atoms with van der Waals surface area (Å²) in [6.07, 6.45) is 0. The molecule has 0 radical (unpaired) electrons. The molecular formula is C91H74B3N3O3S2. The van der Waals surface area contributed by atoms with Crippen molar-refractivity contribution in [2.24, 2.45) is 0 Å². The first kappa shape index (κ1) is 61.4. The van der Waals surface area contributed by atoms with Gasteiger partial charge in [-0.1, -0.05) is 125 Å². The van der Waals surface area contributed by atoms with Crippen molar-refractivity contribution in [3.05, 3.63) is 253 Å². The smallest absolute Gasteiger partial charge is 0.268 e. The number of rotatable bonds is 5. The van der Waals surface area contributed by atoms with Crippen LogP contribution in [0.3, 0.4) is 0 Å². The third-order valence-corrected chi connectivity index (χ3v) is 25.5. The lowest BCUT2D eigenvalue weighted by atomic mass is 9.30. The predicted molar refractivity (Wildman–Crippen MR) is 437 cm³/mol. The zero-order valence-electron chi connectivity index (χ0n) is 60.3. The first-order valence-electron chi connectivity index (χ1n) is 35.9. The van der Waals surface area contributed by atoms with Gasteiger partial charge in [0.05, 0.1) is 11.4 Å². The van der Waals surface area contributed by atoms with Crippen LogP contribution in [0, 0.1) is 104 Å². The summed E-state index contributed by atoms with van der Waals surface area (Å²) in [6, 6.07) is 65.7. The van der Waals surface area contributed by atoms with E-state index in [0.717, 1.165) is 107 Å². The molecule has 1 N–H and O–H groups in total. The lowest BCUT2D eigenvalue weighted by Crippen LogP contribution is -2.64. The molecule has 11 heteroatoms. The highest BCUT2D eigenvalue weighted by molar-refractivity contribution is 7.34. The van der Waals surface area contributed by atoms with Crippen molar-refractivity contribution in [1.29, 1.82) is 0 Å². The van der Waals surface area contributed by atoms with Gasteiger partial charge in [0, 0.05) is 69.9 Å². The highest BCUT2D eigenvalue weighted by Gasteiger charge is 2.51. The minimum Gasteiger partial charge on any atom is -0.458 e. The number of hydrogen-bond donors (Lipinski definition) is 1. The number of anilines is 8. The Morgan fingerprint density at radius 1 is 0.304 bits per heavy atom. The molecule has 8 heterocycles. The Kier molecular flexibility index (Phi) is 13.1. The summed E-state index contributed by atoms with van der Waals surface area (Å²) in [6.45, 7) is 33.2. The fourth-order valence-corrected chi connectivity index (χ4v) is 22.3. The van der Waals surface area contributed by atoms with Gasteiger partial charge in [-0.05, 0) is 298 Å². The van der Waals surface area contributed by atoms with Crippen LogP contribution in [-0.4, -0.2) is 20.1 Å².